The van der Waals surface area contributed by atoms with Gasteiger partial charge in [-0.15, -0.1) is 13.2 Å². The Bertz CT molecular complexity index is 1190. The molecule has 0 fully saturated rings. The quantitative estimate of drug-likeness (QED) is 0.327. The van der Waals surface area contributed by atoms with Crippen molar-refractivity contribution in [3.63, 3.8) is 0 Å². The molecule has 3 aromatic rings. The standard InChI is InChI=1S/C26H23BrF3NO5/c27-22-13-15(36-26(28,29)30)9-10-20(22)24(33)23(32)11-12-31-25(34)35-14-21-18-7-3-1-5-16(18)17-6-2-4-8-19(17)21/h1-10,13,21,23-24,32-33H,11-12,14H2,(H,31,34). The van der Waals surface area contributed by atoms with Crippen LogP contribution in [0.4, 0.5) is 18.0 Å². The van der Waals surface area contributed by atoms with E-state index in [0.717, 1.165) is 34.4 Å². The van der Waals surface area contributed by atoms with E-state index >= 15 is 0 Å². The van der Waals surface area contributed by atoms with Crippen LogP contribution in [0.1, 0.15) is 35.1 Å². The summed E-state index contributed by atoms with van der Waals surface area (Å²) in [6, 6.07) is 19.2. The van der Waals surface area contributed by atoms with E-state index in [2.05, 4.69) is 26.0 Å². The zero-order chi connectivity index (χ0) is 25.9. The number of fused-ring (bicyclic) bond motifs is 3. The van der Waals surface area contributed by atoms with Gasteiger partial charge in [0, 0.05) is 16.9 Å². The van der Waals surface area contributed by atoms with Crippen molar-refractivity contribution in [3.8, 4) is 16.9 Å². The number of hydrogen-bond acceptors (Lipinski definition) is 5. The maximum atomic E-state index is 12.4. The lowest BCUT2D eigenvalue weighted by atomic mass is 9.98. The molecule has 4 rings (SSSR count). The number of benzene rings is 3. The molecule has 0 saturated heterocycles. The predicted octanol–water partition coefficient (Wildman–Crippen LogP) is 5.67. The van der Waals surface area contributed by atoms with Crippen molar-refractivity contribution in [1.29, 1.82) is 0 Å². The van der Waals surface area contributed by atoms with Crippen molar-refractivity contribution in [3.05, 3.63) is 87.9 Å². The van der Waals surface area contributed by atoms with Crippen LogP contribution < -0.4 is 10.1 Å². The molecule has 0 radical (unpaired) electrons. The average molecular weight is 566 g/mol. The number of amides is 1. The number of ether oxygens (including phenoxy) is 2. The lowest BCUT2D eigenvalue weighted by molar-refractivity contribution is -0.274. The molecular formula is C26H23BrF3NO5. The van der Waals surface area contributed by atoms with Gasteiger partial charge in [0.1, 0.15) is 18.5 Å². The van der Waals surface area contributed by atoms with Crippen LogP contribution in [-0.2, 0) is 4.74 Å². The number of rotatable bonds is 8. The summed E-state index contributed by atoms with van der Waals surface area (Å²) >= 11 is 3.08. The minimum atomic E-state index is -4.84. The van der Waals surface area contributed by atoms with Gasteiger partial charge in [-0.3, -0.25) is 0 Å². The molecule has 190 valence electrons. The Morgan fingerprint density at radius 1 is 1.00 bits per heavy atom. The van der Waals surface area contributed by atoms with E-state index in [1.165, 1.54) is 6.07 Å². The van der Waals surface area contributed by atoms with E-state index in [1.54, 1.807) is 0 Å². The highest BCUT2D eigenvalue weighted by Crippen LogP contribution is 2.44. The molecule has 1 amide bonds. The van der Waals surface area contributed by atoms with Crippen molar-refractivity contribution in [1.82, 2.24) is 5.32 Å². The number of hydrogen-bond donors (Lipinski definition) is 3. The van der Waals surface area contributed by atoms with Gasteiger partial charge in [0.2, 0.25) is 0 Å². The Hall–Kier alpha value is -3.08. The van der Waals surface area contributed by atoms with Crippen molar-refractivity contribution < 1.29 is 37.7 Å². The second-order valence-corrected chi connectivity index (χ2v) is 9.14. The molecule has 0 bridgehead atoms. The molecule has 0 heterocycles. The van der Waals surface area contributed by atoms with Crippen LogP contribution in [0, 0.1) is 0 Å². The van der Waals surface area contributed by atoms with Crippen LogP contribution in [0.25, 0.3) is 11.1 Å². The Balaban J connectivity index is 1.27. The molecule has 0 spiro atoms. The smallest absolute Gasteiger partial charge is 0.449 e. The molecule has 6 nitrogen and oxygen atoms in total. The highest BCUT2D eigenvalue weighted by Gasteiger charge is 2.32. The number of alkyl carbamates (subject to hydrolysis) is 1. The fourth-order valence-corrected chi connectivity index (χ4v) is 4.87. The van der Waals surface area contributed by atoms with Gasteiger partial charge in [0.15, 0.2) is 0 Å². The van der Waals surface area contributed by atoms with Gasteiger partial charge in [-0.05, 0) is 46.4 Å². The van der Waals surface area contributed by atoms with Gasteiger partial charge < -0.3 is 25.0 Å². The summed E-state index contributed by atoms with van der Waals surface area (Å²) in [5.41, 5.74) is 4.58. The topological polar surface area (TPSA) is 88.0 Å². The second kappa shape index (κ2) is 10.9. The fraction of sp³-hybridized carbons (Fsp3) is 0.269. The lowest BCUT2D eigenvalue weighted by Crippen LogP contribution is -2.30. The Labute approximate surface area is 213 Å². The third-order valence-electron chi connectivity index (χ3n) is 5.94. The molecule has 3 aromatic carbocycles. The van der Waals surface area contributed by atoms with E-state index in [4.69, 9.17) is 4.74 Å². The van der Waals surface area contributed by atoms with Gasteiger partial charge in [0.05, 0.1) is 6.10 Å². The van der Waals surface area contributed by atoms with Crippen molar-refractivity contribution in [2.75, 3.05) is 13.2 Å². The monoisotopic (exact) mass is 565 g/mol. The van der Waals surface area contributed by atoms with E-state index in [9.17, 15) is 28.2 Å². The van der Waals surface area contributed by atoms with Gasteiger partial charge >= 0.3 is 12.5 Å². The molecular weight excluding hydrogens is 543 g/mol. The molecule has 3 N–H and O–H groups in total. The molecule has 1 aliphatic carbocycles. The van der Waals surface area contributed by atoms with Gasteiger partial charge in [-0.2, -0.15) is 0 Å². The van der Waals surface area contributed by atoms with Gasteiger partial charge in [-0.1, -0.05) is 70.5 Å². The minimum absolute atomic E-state index is 0.0153. The van der Waals surface area contributed by atoms with E-state index in [-0.39, 0.29) is 35.5 Å². The maximum Gasteiger partial charge on any atom is 0.573 e. The molecule has 10 heteroatoms. The molecule has 0 aromatic heterocycles. The van der Waals surface area contributed by atoms with E-state index in [1.807, 2.05) is 48.5 Å². The molecule has 36 heavy (non-hydrogen) atoms. The first-order valence-electron chi connectivity index (χ1n) is 11.1. The summed E-state index contributed by atoms with van der Waals surface area (Å²) in [6.45, 7) is 0.159. The molecule has 0 aliphatic heterocycles. The number of carbonyl (C=O) groups excluding carboxylic acids is 1. The van der Waals surface area contributed by atoms with Gasteiger partial charge in [-0.25, -0.2) is 4.79 Å². The van der Waals surface area contributed by atoms with Crippen LogP contribution >= 0.6 is 15.9 Å². The second-order valence-electron chi connectivity index (χ2n) is 8.28. The summed E-state index contributed by atoms with van der Waals surface area (Å²) in [4.78, 5) is 12.3. The Kier molecular flexibility index (Phi) is 7.87. The van der Waals surface area contributed by atoms with Crippen LogP contribution in [0.5, 0.6) is 5.75 Å². The van der Waals surface area contributed by atoms with Gasteiger partial charge in [0.25, 0.3) is 0 Å². The minimum Gasteiger partial charge on any atom is -0.449 e. The first-order valence-corrected chi connectivity index (χ1v) is 11.9. The molecule has 2 unspecified atom stereocenters. The third kappa shape index (κ3) is 6.00. The van der Waals surface area contributed by atoms with Crippen molar-refractivity contribution in [2.45, 2.75) is 30.9 Å². The SMILES string of the molecule is O=C(NCCC(O)C(O)c1ccc(OC(F)(F)F)cc1Br)OCC1c2ccccc2-c2ccccc21. The lowest BCUT2D eigenvalue weighted by Gasteiger charge is -2.20. The van der Waals surface area contributed by atoms with Crippen LogP contribution in [0.2, 0.25) is 0 Å². The number of carbonyl (C=O) groups is 1. The Morgan fingerprint density at radius 2 is 1.61 bits per heavy atom. The van der Waals surface area contributed by atoms with E-state index in [0.29, 0.717) is 0 Å². The number of alkyl halides is 3. The molecule has 1 aliphatic rings. The zero-order valence-corrected chi connectivity index (χ0v) is 20.4. The number of aliphatic hydroxyl groups is 2. The molecule has 0 saturated carbocycles. The highest BCUT2D eigenvalue weighted by atomic mass is 79.9. The average Bonchev–Trinajstić information content (AvgIpc) is 3.15. The fourth-order valence-electron chi connectivity index (χ4n) is 4.28. The zero-order valence-electron chi connectivity index (χ0n) is 18.8. The summed E-state index contributed by atoms with van der Waals surface area (Å²) in [5, 5.41) is 23.3. The maximum absolute atomic E-state index is 12.4. The number of nitrogens with one attached hydrogen (secondary N) is 1. The van der Waals surface area contributed by atoms with Crippen LogP contribution in [0.15, 0.2) is 71.2 Å². The van der Waals surface area contributed by atoms with E-state index < -0.39 is 30.4 Å². The van der Waals surface area contributed by atoms with Crippen molar-refractivity contribution in [2.24, 2.45) is 0 Å². The summed E-state index contributed by atoms with van der Waals surface area (Å²) in [7, 11) is 0. The predicted molar refractivity (Wildman–Crippen MR) is 129 cm³/mol. The summed E-state index contributed by atoms with van der Waals surface area (Å²) in [5.74, 6) is -0.547. The molecule has 2 atom stereocenters. The number of halogens is 4. The van der Waals surface area contributed by atoms with Crippen molar-refractivity contribution >= 4 is 22.0 Å². The number of aliphatic hydroxyl groups excluding tert-OH is 2. The normalized spacial score (nSPS) is 14.5. The first kappa shape index (κ1) is 26.0. The Morgan fingerprint density at radius 3 is 2.19 bits per heavy atom. The largest absolute Gasteiger partial charge is 0.573 e. The summed E-state index contributed by atoms with van der Waals surface area (Å²) in [6.07, 6.45) is -8.20. The highest BCUT2D eigenvalue weighted by molar-refractivity contribution is 9.10. The summed E-state index contributed by atoms with van der Waals surface area (Å²) < 4.78 is 46.5. The van der Waals surface area contributed by atoms with Crippen LogP contribution in [0.3, 0.4) is 0 Å². The first-order chi connectivity index (χ1) is 17.1. The third-order valence-corrected chi connectivity index (χ3v) is 6.63. The van der Waals surface area contributed by atoms with Crippen LogP contribution in [-0.4, -0.2) is 41.9 Å².